The zero-order valence-corrected chi connectivity index (χ0v) is 115. The monoisotopic (exact) mass is 2400 g/mol. The van der Waals surface area contributed by atoms with Crippen LogP contribution in [0.5, 0.6) is 34.5 Å². The van der Waals surface area contributed by atoms with Crippen molar-refractivity contribution >= 4 is 169 Å². The molecule has 716 valence electrons. The molecule has 0 spiro atoms. The van der Waals surface area contributed by atoms with E-state index in [1.807, 2.05) is 0 Å². The fraction of sp³-hybridized carbons (Fsp3) is 0.111. The molecular weight excluding hydrogens is 2350 g/mol. The van der Waals surface area contributed by atoms with Crippen LogP contribution in [-0.4, -0.2) is 156 Å². The summed E-state index contributed by atoms with van der Waals surface area (Å²) in [6.07, 6.45) is -8.87. The molecule has 20 bridgehead atoms. The summed E-state index contributed by atoms with van der Waals surface area (Å²) in [4.78, 5) is -17.1. The first kappa shape index (κ1) is 144. The molecule has 13 heterocycles. The predicted molar refractivity (Wildman–Crippen MR) is 457 cm³/mol. The van der Waals surface area contributed by atoms with E-state index in [-0.39, 0.29) is 379 Å². The summed E-state index contributed by atoms with van der Waals surface area (Å²) < 4.78 is 492. The van der Waals surface area contributed by atoms with Gasteiger partial charge in [0.05, 0.1) is 49.0 Å². The van der Waals surface area contributed by atoms with Crippen molar-refractivity contribution in [2.45, 2.75) is 117 Å². The largest absolute Gasteiger partial charge is 1.00 e. The topological polar surface area (TPSA) is 777 Å². The second-order valence-electron chi connectivity index (χ2n) is 31.4. The van der Waals surface area contributed by atoms with Crippen LogP contribution in [0.25, 0.3) is 22.3 Å². The molecule has 0 amide bonds. The van der Waals surface area contributed by atoms with E-state index in [9.17, 15) is 156 Å². The Kier molecular flexibility index (Phi) is 50.7. The third-order valence-corrected chi connectivity index (χ3v) is 37.9. The molecule has 14 aliphatic rings. The third-order valence-electron chi connectivity index (χ3n) is 22.5. The molecule has 12 aromatic rings. The van der Waals surface area contributed by atoms with E-state index in [1.165, 1.54) is 13.8 Å². The normalized spacial score (nSPS) is 14.5. The van der Waals surface area contributed by atoms with Crippen molar-refractivity contribution in [3.8, 4) is 56.8 Å². The number of hydrogen-bond donors (Lipinski definition) is 4. The molecule has 12 aromatic carbocycles. The minimum absolute atomic E-state index is 0. The molecule has 1 aliphatic carbocycles. The van der Waals surface area contributed by atoms with E-state index in [0.717, 1.165) is 60.7 Å². The van der Waals surface area contributed by atoms with Gasteiger partial charge in [-0.05, 0) is 227 Å². The molecular formula is C81H52Na12O41P2S12. The SMILES string of the molecule is CC1(C)c2cc(S(=O)(=O)[O-])cc3c2Oc2c(cc(S(=O)(=O)[O-])cc21)P(c1cccc(S(=O)(=O)[O-])c1)c1ccc(c(S(=O)(=O)O)c1)Cc1ccc(cc1S(=O)(=O)[O-])-c1cc2c([O-])c(c1S(=O)(=O)O)Cc1cc(S(=O)(=O)[O-])cc(c1[O-])Cc1cc(c(S(=O)(=O)O)c(c1[O-])Cc1cc(S(=O)(=O)[O-])cc(c1[O-])C2)-c1ccc(c(S(=O)(=O)[O-])c1)Cc1ccc(cc1S(=O)(=O)O)P3c1cccc(S(=O)(=O)[O-])c1.[Na+].[Na+].[Na+].[Na+].[Na+].[Na+].[Na+].[Na+].[Na+].[Na+].[Na+].[Na+]. The maximum absolute atomic E-state index is 15.4. The molecule has 0 saturated heterocycles. The summed E-state index contributed by atoms with van der Waals surface area (Å²) in [5.74, 6) is -8.23. The first-order chi connectivity index (χ1) is 62.4. The molecule has 0 saturated carbocycles. The molecule has 2 atom stereocenters. The van der Waals surface area contributed by atoms with Crippen LogP contribution < -0.4 is 412 Å². The Labute approximate surface area is 1120 Å². The van der Waals surface area contributed by atoms with Crippen molar-refractivity contribution in [3.63, 3.8) is 0 Å². The molecule has 67 heteroatoms. The van der Waals surface area contributed by atoms with E-state index in [4.69, 9.17) is 4.74 Å². The van der Waals surface area contributed by atoms with Crippen molar-refractivity contribution in [1.82, 2.24) is 0 Å². The van der Waals surface area contributed by atoms with Gasteiger partial charge in [-0.25, -0.2) is 67.3 Å². The van der Waals surface area contributed by atoms with Crippen LogP contribution in [0.3, 0.4) is 0 Å². The van der Waals surface area contributed by atoms with Crippen molar-refractivity contribution in [1.29, 1.82) is 0 Å². The van der Waals surface area contributed by atoms with Crippen LogP contribution in [0.4, 0.5) is 0 Å². The van der Waals surface area contributed by atoms with Crippen molar-refractivity contribution in [2.75, 3.05) is 0 Å². The number of benzene rings is 12. The van der Waals surface area contributed by atoms with Gasteiger partial charge in [0.15, 0.2) is 0 Å². The van der Waals surface area contributed by atoms with E-state index in [2.05, 4.69) is 0 Å². The van der Waals surface area contributed by atoms with Crippen molar-refractivity contribution in [2.24, 2.45) is 0 Å². The summed E-state index contributed by atoms with van der Waals surface area (Å²) in [5, 5.41) is 57.9. The zero-order valence-electron chi connectivity index (χ0n) is 79.8. The van der Waals surface area contributed by atoms with Crippen LogP contribution in [0.15, 0.2) is 241 Å². The minimum Gasteiger partial charge on any atom is -0.872 e. The number of ether oxygens (including phenoxy) is 1. The number of hydrogen-bond acceptors (Lipinski definition) is 37. The van der Waals surface area contributed by atoms with Gasteiger partial charge in [-0.1, -0.05) is 110 Å². The molecule has 41 nitrogen and oxygen atoms in total. The molecule has 13 aliphatic heterocycles. The van der Waals surface area contributed by atoms with E-state index in [1.54, 1.807) is 0 Å². The summed E-state index contributed by atoms with van der Waals surface area (Å²) >= 11 is 0. The summed E-state index contributed by atoms with van der Waals surface area (Å²) in [5.41, 5.74) is -20.7. The third kappa shape index (κ3) is 30.6. The van der Waals surface area contributed by atoms with E-state index in [0.29, 0.717) is 97.1 Å². The summed E-state index contributed by atoms with van der Waals surface area (Å²) in [6, 6.07) is 18.4. The fourth-order valence-corrected chi connectivity index (χ4v) is 30.1. The van der Waals surface area contributed by atoms with Gasteiger partial charge in [0.25, 0.3) is 40.5 Å². The summed E-state index contributed by atoms with van der Waals surface area (Å²) in [6.45, 7) is 2.33. The fourth-order valence-electron chi connectivity index (χ4n) is 16.5. The van der Waals surface area contributed by atoms with Crippen LogP contribution >= 0.6 is 15.8 Å². The average molecular weight is 2400 g/mol. The van der Waals surface area contributed by atoms with Crippen molar-refractivity contribution < 1.29 is 535 Å². The minimum atomic E-state index is -6.27. The molecule has 0 fully saturated rings. The molecule has 4 N–H and O–H groups in total. The maximum atomic E-state index is 15.4. The average Bonchev–Trinajstić information content (AvgIpc) is 0.706. The maximum Gasteiger partial charge on any atom is 1.00 e. The van der Waals surface area contributed by atoms with Gasteiger partial charge >= 0.3 is 355 Å². The number of rotatable bonds is 14. The van der Waals surface area contributed by atoms with Gasteiger partial charge in [-0.2, -0.15) is 33.7 Å². The van der Waals surface area contributed by atoms with Crippen LogP contribution in [0.1, 0.15) is 91.7 Å². The van der Waals surface area contributed by atoms with Crippen LogP contribution in [0, 0.1) is 0 Å². The summed E-state index contributed by atoms with van der Waals surface area (Å²) in [7, 11) is -78.8. The predicted octanol–water partition coefficient (Wildman–Crippen LogP) is -34.3. The van der Waals surface area contributed by atoms with Gasteiger partial charge in [-0.15, -0.1) is 23.0 Å². The smallest absolute Gasteiger partial charge is 0.872 e. The van der Waals surface area contributed by atoms with E-state index >= 15 is 20.4 Å². The second-order valence-corrected chi connectivity index (χ2v) is 52.3. The van der Waals surface area contributed by atoms with Gasteiger partial charge < -0.3 is 61.6 Å². The standard InChI is InChI=1S/C81H64O41P2S12.12Na/c1-81(2)65-35-59(129(98,99)100)37-67-77(65)122-78-66(81)36-60(130(101,102)103)38-68(78)124(52-6-4-8-56(32-52)126(89,90)91)54-16-14-44(72(34-54)134(113,114)115)18-42-12-10-40(30-70(42)132(107,108)109)62-26-48-20-46-22-58(128(95,96)97)23-49(74(46)83)27-63-75(84)47(19-45-21-57(127(92,93)94)24-50(73(45)82)28-64(76(48)85)80(62)136(119,120)121)25-61(79(63)135(116,117)118)39-9-11-41(69(29-39)131(104,105)106)17-43-13-15-53(33-71(43)133(110,111)112)123(67)51-5-3-7-55(31-51)125(86,87)88;;;;;;;;;;;;/h3-16,21-26,29-38,82-85H,17-20,27-28H2,1-2H3,(H,86,87,88)(H,89,90,91)(H,92,93,94)(H,95,96,97)(H,98,99,100)(H,101,102,103)(H,104,105,106)(H,107,108,109)(H,110,111,112)(H,113,114,115)(H,116,117,118)(H,119,120,121);;;;;;;;;;;;/q;12*+1/p-12. The van der Waals surface area contributed by atoms with Gasteiger partial charge in [0.2, 0.25) is 0 Å². The van der Waals surface area contributed by atoms with Gasteiger partial charge in [-0.3, -0.25) is 18.2 Å². The van der Waals surface area contributed by atoms with Crippen LogP contribution in [0.2, 0.25) is 0 Å². The van der Waals surface area contributed by atoms with Gasteiger partial charge in [0.1, 0.15) is 102 Å². The molecule has 2 unspecified atom stereocenters. The Balaban J connectivity index is 0.00000469. The van der Waals surface area contributed by atoms with Crippen molar-refractivity contribution in [3.05, 3.63) is 260 Å². The Morgan fingerprint density at radius 1 is 0.257 bits per heavy atom. The first-order valence-electron chi connectivity index (χ1n) is 37.7. The molecule has 0 radical (unpaired) electrons. The van der Waals surface area contributed by atoms with Crippen LogP contribution in [-0.2, 0) is 165 Å². The molecule has 26 rings (SSSR count). The molecule has 148 heavy (non-hydrogen) atoms. The van der Waals surface area contributed by atoms with Gasteiger partial charge in [0, 0.05) is 51.1 Å². The Bertz CT molecular complexity index is 8450. The Morgan fingerprint density at radius 2 is 0.514 bits per heavy atom. The van der Waals surface area contributed by atoms with E-state index < -0.39 is 406 Å². The zero-order chi connectivity index (χ0) is 100. The Morgan fingerprint density at radius 3 is 0.791 bits per heavy atom. The second kappa shape index (κ2) is 52.3. The Hall–Kier alpha value is 1.42. The first-order valence-corrected chi connectivity index (χ1v) is 57.4. The molecule has 0 aromatic heterocycles. The quantitative estimate of drug-likeness (QED) is 0.0446.